The van der Waals surface area contributed by atoms with Crippen LogP contribution in [0.2, 0.25) is 0 Å². The maximum atomic E-state index is 10.9. The van der Waals surface area contributed by atoms with Gasteiger partial charge in [-0.1, -0.05) is 12.2 Å². The zero-order chi connectivity index (χ0) is 9.26. The number of nitrogens with one attached hydrogen (secondary N) is 1. The Labute approximate surface area is 80.7 Å². The fourth-order valence-electron chi connectivity index (χ4n) is 1.54. The molecule has 0 unspecified atom stereocenters. The van der Waals surface area contributed by atoms with Crippen molar-refractivity contribution >= 4 is 12.2 Å². The summed E-state index contributed by atoms with van der Waals surface area (Å²) in [6.07, 6.45) is 8.04. The maximum absolute atomic E-state index is 10.9. The fourth-order valence-corrected chi connectivity index (χ4v) is 1.86. The zero-order valence-corrected chi connectivity index (χ0v) is 7.88. The van der Waals surface area contributed by atoms with E-state index in [1.807, 2.05) is 4.57 Å². The predicted molar refractivity (Wildman–Crippen MR) is 53.3 cm³/mol. The van der Waals surface area contributed by atoms with Crippen LogP contribution < -0.4 is 5.56 Å². The highest BCUT2D eigenvalue weighted by molar-refractivity contribution is 7.71. The Hall–Kier alpha value is -1.16. The normalized spacial score (nSPS) is 16.6. The molecule has 0 aromatic carbocycles. The molecular weight excluding hydrogens is 184 g/mol. The second kappa shape index (κ2) is 3.30. The highest BCUT2D eigenvalue weighted by Gasteiger charge is 2.11. The van der Waals surface area contributed by atoms with Gasteiger partial charge in [0.2, 0.25) is 0 Å². The van der Waals surface area contributed by atoms with Gasteiger partial charge in [0.25, 0.3) is 5.56 Å². The third-order valence-corrected chi connectivity index (χ3v) is 2.54. The zero-order valence-electron chi connectivity index (χ0n) is 7.06. The highest BCUT2D eigenvalue weighted by atomic mass is 32.1. The minimum atomic E-state index is -0.132. The molecule has 0 fully saturated rings. The molecule has 0 saturated carbocycles. The van der Waals surface area contributed by atoms with Crippen molar-refractivity contribution in [2.45, 2.75) is 18.9 Å². The number of rotatable bonds is 1. The van der Waals surface area contributed by atoms with Gasteiger partial charge >= 0.3 is 0 Å². The number of allylic oxidation sites excluding steroid dienone is 2. The molecule has 4 heteroatoms. The van der Waals surface area contributed by atoms with Crippen LogP contribution in [0.1, 0.15) is 18.9 Å². The molecule has 1 heterocycles. The average Bonchev–Trinajstić information content (AvgIpc) is 2.56. The lowest BCUT2D eigenvalue weighted by Crippen LogP contribution is -2.14. The van der Waals surface area contributed by atoms with E-state index in [-0.39, 0.29) is 5.56 Å². The molecule has 0 amide bonds. The van der Waals surface area contributed by atoms with E-state index in [0.717, 1.165) is 12.8 Å². The second-order valence-electron chi connectivity index (χ2n) is 3.11. The van der Waals surface area contributed by atoms with Gasteiger partial charge < -0.3 is 4.57 Å². The molecular formula is C9H10N2OS. The Bertz CT molecular complexity index is 435. The van der Waals surface area contributed by atoms with Crippen molar-refractivity contribution in [3.8, 4) is 0 Å². The van der Waals surface area contributed by atoms with Crippen molar-refractivity contribution in [2.75, 3.05) is 0 Å². The molecule has 0 spiro atoms. The molecule has 0 radical (unpaired) electrons. The molecule has 0 atom stereocenters. The summed E-state index contributed by atoms with van der Waals surface area (Å²) in [4.78, 5) is 13.5. The molecule has 0 saturated heterocycles. The smallest absolute Gasteiger partial charge is 0.251 e. The fraction of sp³-hybridized carbons (Fsp3) is 0.333. The van der Waals surface area contributed by atoms with Gasteiger partial charge in [-0.3, -0.25) is 9.78 Å². The molecule has 13 heavy (non-hydrogen) atoms. The standard InChI is InChI=1S/C9H10N2OS/c12-8-5-6-11(9(13)10-8)7-3-1-2-4-7/h1-2,5-7H,3-4H2,(H,10,12,13). The van der Waals surface area contributed by atoms with Gasteiger partial charge in [-0.2, -0.15) is 0 Å². The first-order valence-corrected chi connectivity index (χ1v) is 4.64. The van der Waals surface area contributed by atoms with Gasteiger partial charge in [-0.05, 0) is 25.1 Å². The molecule has 1 aliphatic carbocycles. The van der Waals surface area contributed by atoms with Crippen LogP contribution in [0.15, 0.2) is 29.2 Å². The predicted octanol–water partition coefficient (Wildman–Crippen LogP) is 1.80. The summed E-state index contributed by atoms with van der Waals surface area (Å²) in [6, 6.07) is 1.90. The lowest BCUT2D eigenvalue weighted by molar-refractivity contribution is 0.516. The van der Waals surface area contributed by atoms with Gasteiger partial charge in [-0.15, -0.1) is 0 Å². The molecule has 68 valence electrons. The van der Waals surface area contributed by atoms with Crippen LogP contribution in [0, 0.1) is 4.77 Å². The largest absolute Gasteiger partial charge is 0.321 e. The van der Waals surface area contributed by atoms with Crippen molar-refractivity contribution in [3.05, 3.63) is 39.5 Å². The van der Waals surface area contributed by atoms with Gasteiger partial charge in [-0.25, -0.2) is 0 Å². The molecule has 2 rings (SSSR count). The second-order valence-corrected chi connectivity index (χ2v) is 3.50. The number of aromatic amines is 1. The van der Waals surface area contributed by atoms with Crippen LogP contribution in [0.3, 0.4) is 0 Å². The quantitative estimate of drug-likeness (QED) is 0.546. The summed E-state index contributed by atoms with van der Waals surface area (Å²) < 4.78 is 2.46. The monoisotopic (exact) mass is 194 g/mol. The van der Waals surface area contributed by atoms with Gasteiger partial charge in [0.15, 0.2) is 4.77 Å². The summed E-state index contributed by atoms with van der Waals surface area (Å²) in [5.41, 5.74) is -0.132. The molecule has 0 aliphatic heterocycles. The molecule has 3 nitrogen and oxygen atoms in total. The number of hydrogen-bond acceptors (Lipinski definition) is 2. The van der Waals surface area contributed by atoms with E-state index in [0.29, 0.717) is 10.8 Å². The SMILES string of the molecule is O=c1ccn(C2CC=CC2)c(=S)[nH]1. The van der Waals surface area contributed by atoms with Crippen LogP contribution in [0.25, 0.3) is 0 Å². The molecule has 1 aromatic rings. The van der Waals surface area contributed by atoms with Crippen molar-refractivity contribution in [1.29, 1.82) is 0 Å². The summed E-state index contributed by atoms with van der Waals surface area (Å²) >= 11 is 5.06. The van der Waals surface area contributed by atoms with Crippen molar-refractivity contribution in [3.63, 3.8) is 0 Å². The Morgan fingerprint density at radius 2 is 2.15 bits per heavy atom. The number of hydrogen-bond donors (Lipinski definition) is 1. The van der Waals surface area contributed by atoms with Crippen LogP contribution in [0.4, 0.5) is 0 Å². The van der Waals surface area contributed by atoms with Crippen molar-refractivity contribution < 1.29 is 0 Å². The van der Waals surface area contributed by atoms with Crippen LogP contribution in [-0.2, 0) is 0 Å². The van der Waals surface area contributed by atoms with E-state index in [4.69, 9.17) is 12.2 Å². The van der Waals surface area contributed by atoms with Crippen molar-refractivity contribution in [1.82, 2.24) is 9.55 Å². The van der Waals surface area contributed by atoms with E-state index in [2.05, 4.69) is 17.1 Å². The molecule has 1 aliphatic rings. The van der Waals surface area contributed by atoms with E-state index >= 15 is 0 Å². The van der Waals surface area contributed by atoms with Gasteiger partial charge in [0, 0.05) is 18.3 Å². The first kappa shape index (κ1) is 8.44. The van der Waals surface area contributed by atoms with Gasteiger partial charge in [0.1, 0.15) is 0 Å². The molecule has 0 bridgehead atoms. The lowest BCUT2D eigenvalue weighted by Gasteiger charge is -2.13. The van der Waals surface area contributed by atoms with E-state index in [1.54, 1.807) is 6.20 Å². The average molecular weight is 194 g/mol. The Morgan fingerprint density at radius 3 is 2.77 bits per heavy atom. The third kappa shape index (κ3) is 1.62. The summed E-state index contributed by atoms with van der Waals surface area (Å²) in [5, 5.41) is 0. The Morgan fingerprint density at radius 1 is 1.46 bits per heavy atom. The van der Waals surface area contributed by atoms with Gasteiger partial charge in [0.05, 0.1) is 0 Å². The number of H-pyrrole nitrogens is 1. The third-order valence-electron chi connectivity index (χ3n) is 2.23. The summed E-state index contributed by atoms with van der Waals surface area (Å²) in [5.74, 6) is 0. The highest BCUT2D eigenvalue weighted by Crippen LogP contribution is 2.22. The van der Waals surface area contributed by atoms with Crippen LogP contribution in [-0.4, -0.2) is 9.55 Å². The minimum Gasteiger partial charge on any atom is -0.321 e. The first-order chi connectivity index (χ1) is 6.27. The number of aromatic nitrogens is 2. The van der Waals surface area contributed by atoms with E-state index in [9.17, 15) is 4.79 Å². The van der Waals surface area contributed by atoms with E-state index in [1.165, 1.54) is 6.07 Å². The van der Waals surface area contributed by atoms with Crippen molar-refractivity contribution in [2.24, 2.45) is 0 Å². The Balaban J connectivity index is 2.41. The molecule has 1 N–H and O–H groups in total. The summed E-state index contributed by atoms with van der Waals surface area (Å²) in [7, 11) is 0. The van der Waals surface area contributed by atoms with Crippen LogP contribution >= 0.6 is 12.2 Å². The first-order valence-electron chi connectivity index (χ1n) is 4.24. The topological polar surface area (TPSA) is 37.8 Å². The summed E-state index contributed by atoms with van der Waals surface area (Å²) in [6.45, 7) is 0. The molecule has 1 aromatic heterocycles. The maximum Gasteiger partial charge on any atom is 0.251 e. The van der Waals surface area contributed by atoms with Crippen LogP contribution in [0.5, 0.6) is 0 Å². The Kier molecular flexibility index (Phi) is 2.14. The lowest BCUT2D eigenvalue weighted by atomic mass is 10.2. The minimum absolute atomic E-state index is 0.132. The van der Waals surface area contributed by atoms with E-state index < -0.39 is 0 Å². The number of nitrogens with zero attached hydrogens (tertiary/aromatic N) is 1.